The minimum atomic E-state index is -3.71. The summed E-state index contributed by atoms with van der Waals surface area (Å²) in [4.78, 5) is 39.5. The number of amides is 2. The lowest BCUT2D eigenvalue weighted by atomic mass is 9.95. The van der Waals surface area contributed by atoms with E-state index in [1.165, 1.54) is 35.7 Å². The third-order valence-electron chi connectivity index (χ3n) is 6.00. The number of hydrogen-bond acceptors (Lipinski definition) is 6. The molecule has 1 aromatic rings. The van der Waals surface area contributed by atoms with Crippen molar-refractivity contribution in [1.29, 1.82) is 0 Å². The maximum Gasteiger partial charge on any atom is 0.308 e. The van der Waals surface area contributed by atoms with Gasteiger partial charge >= 0.3 is 5.97 Å². The molecule has 1 aliphatic rings. The van der Waals surface area contributed by atoms with Crippen LogP contribution in [0.3, 0.4) is 0 Å². The molecule has 0 radical (unpaired) electrons. The zero-order valence-corrected chi connectivity index (χ0v) is 20.9. The number of carbonyl (C=O) groups excluding carboxylic acids is 3. The molecule has 2 rings (SSSR count). The molecule has 1 N–H and O–H groups in total. The molecular weight excluding hydrogens is 446 g/mol. The number of esters is 1. The molecule has 33 heavy (non-hydrogen) atoms. The van der Waals surface area contributed by atoms with Crippen LogP contribution in [0.15, 0.2) is 29.2 Å². The highest BCUT2D eigenvalue weighted by molar-refractivity contribution is 7.89. The van der Waals surface area contributed by atoms with E-state index in [0.717, 1.165) is 0 Å². The predicted octanol–water partition coefficient (Wildman–Crippen LogP) is 1.88. The van der Waals surface area contributed by atoms with Crippen molar-refractivity contribution in [3.05, 3.63) is 29.8 Å². The Bertz CT molecular complexity index is 951. The van der Waals surface area contributed by atoms with E-state index in [1.807, 2.05) is 13.8 Å². The lowest BCUT2D eigenvalue weighted by Crippen LogP contribution is -2.53. The summed E-state index contributed by atoms with van der Waals surface area (Å²) in [5.74, 6) is -1.39. The maximum absolute atomic E-state index is 13.1. The second kappa shape index (κ2) is 11.6. The van der Waals surface area contributed by atoms with Gasteiger partial charge in [0, 0.05) is 31.7 Å². The Labute approximate surface area is 196 Å². The molecule has 1 aliphatic heterocycles. The molecule has 0 bridgehead atoms. The summed E-state index contributed by atoms with van der Waals surface area (Å²) in [6, 6.07) is 5.08. The molecule has 9 nitrogen and oxygen atoms in total. The van der Waals surface area contributed by atoms with Crippen molar-refractivity contribution >= 4 is 27.8 Å². The predicted molar refractivity (Wildman–Crippen MR) is 124 cm³/mol. The molecule has 1 saturated heterocycles. The maximum atomic E-state index is 13.1. The van der Waals surface area contributed by atoms with Crippen LogP contribution >= 0.6 is 0 Å². The van der Waals surface area contributed by atoms with Crippen LogP contribution in [0.2, 0.25) is 0 Å². The van der Waals surface area contributed by atoms with E-state index in [9.17, 15) is 22.8 Å². The summed E-state index contributed by atoms with van der Waals surface area (Å²) in [7, 11) is -2.36. The van der Waals surface area contributed by atoms with Crippen LogP contribution in [0, 0.1) is 11.8 Å². The minimum absolute atomic E-state index is 0.0381. The SMILES string of the molecule is CCN(CC)S(=O)(=O)c1cccc(C(=O)N[C@H](C(=O)N2CCC(C(=O)OC)CC2)C(C)C)c1. The van der Waals surface area contributed by atoms with Crippen molar-refractivity contribution in [3.8, 4) is 0 Å². The van der Waals surface area contributed by atoms with Crippen molar-refractivity contribution in [2.45, 2.75) is 51.5 Å². The van der Waals surface area contributed by atoms with Crippen molar-refractivity contribution in [1.82, 2.24) is 14.5 Å². The highest BCUT2D eigenvalue weighted by Gasteiger charge is 2.33. The van der Waals surface area contributed by atoms with Gasteiger partial charge in [-0.25, -0.2) is 8.42 Å². The first-order valence-electron chi connectivity index (χ1n) is 11.3. The Morgan fingerprint density at radius 2 is 1.76 bits per heavy atom. The van der Waals surface area contributed by atoms with Crippen LogP contribution in [-0.4, -0.2) is 74.7 Å². The number of benzene rings is 1. The van der Waals surface area contributed by atoms with E-state index in [4.69, 9.17) is 4.74 Å². The van der Waals surface area contributed by atoms with Crippen LogP contribution in [0.1, 0.15) is 50.9 Å². The molecule has 1 heterocycles. The number of nitrogens with zero attached hydrogens (tertiary/aromatic N) is 2. The summed E-state index contributed by atoms with van der Waals surface area (Å²) in [6.07, 6.45) is 1.03. The highest BCUT2D eigenvalue weighted by Crippen LogP contribution is 2.21. The molecule has 0 aliphatic carbocycles. The van der Waals surface area contributed by atoms with Crippen LogP contribution in [-0.2, 0) is 24.3 Å². The van der Waals surface area contributed by atoms with E-state index in [-0.39, 0.29) is 34.2 Å². The summed E-state index contributed by atoms with van der Waals surface area (Å²) >= 11 is 0. The van der Waals surface area contributed by atoms with Gasteiger partial charge in [0.05, 0.1) is 17.9 Å². The summed E-state index contributed by atoms with van der Waals surface area (Å²) in [6.45, 7) is 8.66. The molecule has 0 unspecified atom stereocenters. The topological polar surface area (TPSA) is 113 Å². The number of ether oxygens (including phenoxy) is 1. The van der Waals surface area contributed by atoms with Crippen molar-refractivity contribution < 1.29 is 27.5 Å². The molecule has 1 fully saturated rings. The van der Waals surface area contributed by atoms with Gasteiger partial charge in [0.1, 0.15) is 6.04 Å². The quantitative estimate of drug-likeness (QED) is 0.539. The molecule has 2 amide bonds. The third-order valence-corrected chi connectivity index (χ3v) is 8.05. The molecule has 10 heteroatoms. The van der Waals surface area contributed by atoms with Crippen LogP contribution in [0.4, 0.5) is 0 Å². The number of hydrogen-bond donors (Lipinski definition) is 1. The van der Waals surface area contributed by atoms with Gasteiger partial charge in [-0.05, 0) is 37.0 Å². The minimum Gasteiger partial charge on any atom is -0.469 e. The van der Waals surface area contributed by atoms with E-state index in [0.29, 0.717) is 39.0 Å². The van der Waals surface area contributed by atoms with Crippen LogP contribution in [0.25, 0.3) is 0 Å². The Morgan fingerprint density at radius 1 is 1.15 bits per heavy atom. The number of nitrogens with one attached hydrogen (secondary N) is 1. The highest BCUT2D eigenvalue weighted by atomic mass is 32.2. The molecule has 1 aromatic carbocycles. The van der Waals surface area contributed by atoms with E-state index in [2.05, 4.69) is 5.32 Å². The normalized spacial score (nSPS) is 16.0. The smallest absolute Gasteiger partial charge is 0.308 e. The number of sulfonamides is 1. The number of likely N-dealkylation sites (tertiary alicyclic amines) is 1. The van der Waals surface area contributed by atoms with Crippen LogP contribution in [0.5, 0.6) is 0 Å². The van der Waals surface area contributed by atoms with E-state index in [1.54, 1.807) is 18.7 Å². The van der Waals surface area contributed by atoms with Gasteiger partial charge < -0.3 is 15.0 Å². The second-order valence-electron chi connectivity index (χ2n) is 8.44. The number of carbonyl (C=O) groups is 3. The first-order chi connectivity index (χ1) is 15.6. The van der Waals surface area contributed by atoms with E-state index < -0.39 is 22.0 Å². The number of methoxy groups -OCH3 is 1. The monoisotopic (exact) mass is 481 g/mol. The van der Waals surface area contributed by atoms with Crippen molar-refractivity contribution in [3.63, 3.8) is 0 Å². The third kappa shape index (κ3) is 6.32. The molecular formula is C23H35N3O6S. The number of piperidine rings is 1. The Morgan fingerprint density at radius 3 is 2.27 bits per heavy atom. The second-order valence-corrected chi connectivity index (χ2v) is 10.4. The fraction of sp³-hybridized carbons (Fsp3) is 0.609. The first kappa shape index (κ1) is 26.8. The Kier molecular flexibility index (Phi) is 9.42. The van der Waals surface area contributed by atoms with Crippen molar-refractivity contribution in [2.75, 3.05) is 33.3 Å². The average molecular weight is 482 g/mol. The van der Waals surface area contributed by atoms with Gasteiger partial charge in [-0.2, -0.15) is 4.31 Å². The summed E-state index contributed by atoms with van der Waals surface area (Å²) < 4.78 is 31.7. The Hall–Kier alpha value is -2.46. The molecule has 0 saturated carbocycles. The molecule has 184 valence electrons. The first-order valence-corrected chi connectivity index (χ1v) is 12.8. The van der Waals surface area contributed by atoms with Crippen molar-refractivity contribution in [2.24, 2.45) is 11.8 Å². The average Bonchev–Trinajstić information content (AvgIpc) is 2.82. The van der Waals surface area contributed by atoms with Gasteiger partial charge in [-0.1, -0.05) is 33.8 Å². The zero-order valence-electron chi connectivity index (χ0n) is 20.0. The van der Waals surface area contributed by atoms with Gasteiger partial charge in [-0.15, -0.1) is 0 Å². The molecule has 1 atom stereocenters. The standard InChI is InChI=1S/C23H35N3O6S/c1-6-26(7-2)33(30,31)19-10-8-9-18(15-19)21(27)24-20(16(3)4)22(28)25-13-11-17(12-14-25)23(29)32-5/h8-10,15-17,20H,6-7,11-14H2,1-5H3,(H,24,27)/t20-/m0/s1. The molecule has 0 aromatic heterocycles. The van der Waals surface area contributed by atoms with Gasteiger partial charge in [0.25, 0.3) is 5.91 Å². The lowest BCUT2D eigenvalue weighted by Gasteiger charge is -2.34. The zero-order chi connectivity index (χ0) is 24.8. The molecule has 0 spiro atoms. The van der Waals surface area contributed by atoms with Gasteiger partial charge in [0.15, 0.2) is 0 Å². The lowest BCUT2D eigenvalue weighted by molar-refractivity contribution is -0.149. The van der Waals surface area contributed by atoms with Gasteiger partial charge in [-0.3, -0.25) is 14.4 Å². The summed E-state index contributed by atoms with van der Waals surface area (Å²) in [5, 5.41) is 2.78. The largest absolute Gasteiger partial charge is 0.469 e. The van der Waals surface area contributed by atoms with Gasteiger partial charge in [0.2, 0.25) is 15.9 Å². The fourth-order valence-electron chi connectivity index (χ4n) is 3.95. The fourth-order valence-corrected chi connectivity index (χ4v) is 5.45. The Balaban J connectivity index is 2.15. The van der Waals surface area contributed by atoms with Crippen LogP contribution < -0.4 is 5.32 Å². The van der Waals surface area contributed by atoms with E-state index >= 15 is 0 Å². The summed E-state index contributed by atoms with van der Waals surface area (Å²) in [5.41, 5.74) is 0.172. The number of rotatable bonds is 9.